The number of benzene rings is 1. The lowest BCUT2D eigenvalue weighted by Gasteiger charge is -2.01. The second kappa shape index (κ2) is 8.17. The van der Waals surface area contributed by atoms with Gasteiger partial charge < -0.3 is 25.4 Å². The van der Waals surface area contributed by atoms with Gasteiger partial charge in [-0.3, -0.25) is 0 Å². The second-order valence-electron chi connectivity index (χ2n) is 3.97. The molecule has 1 aromatic heterocycles. The van der Waals surface area contributed by atoms with E-state index >= 15 is 0 Å². The third-order valence-corrected chi connectivity index (χ3v) is 2.50. The van der Waals surface area contributed by atoms with Gasteiger partial charge in [0.1, 0.15) is 0 Å². The Bertz CT molecular complexity index is 649. The fraction of sp³-hybridized carbons (Fsp3) is 0.143. The lowest BCUT2D eigenvalue weighted by Crippen LogP contribution is -2.06. The molecule has 1 heterocycles. The first-order valence-electron chi connectivity index (χ1n) is 6.17. The Balaban J connectivity index is 0.000000231. The minimum atomic E-state index is -1.23. The number of carboxylic acid groups (broad SMARTS) is 2. The van der Waals surface area contributed by atoms with Crippen LogP contribution >= 0.6 is 0 Å². The summed E-state index contributed by atoms with van der Waals surface area (Å²) < 4.78 is 9.65. The molecule has 4 N–H and O–H groups in total. The summed E-state index contributed by atoms with van der Waals surface area (Å²) in [7, 11) is 3.00. The predicted molar refractivity (Wildman–Crippen MR) is 79.9 cm³/mol. The van der Waals surface area contributed by atoms with E-state index in [1.165, 1.54) is 38.5 Å². The van der Waals surface area contributed by atoms with Crippen LogP contribution < -0.4 is 15.2 Å². The molecule has 0 aliphatic heterocycles. The van der Waals surface area contributed by atoms with E-state index in [0.29, 0.717) is 11.8 Å². The maximum Gasteiger partial charge on any atom is 0.336 e. The summed E-state index contributed by atoms with van der Waals surface area (Å²) in [4.78, 5) is 28.5. The average molecular weight is 321 g/mol. The molecule has 0 saturated heterocycles. The van der Waals surface area contributed by atoms with Crippen LogP contribution in [0.1, 0.15) is 20.7 Å². The summed E-state index contributed by atoms with van der Waals surface area (Å²) in [6.07, 6.45) is 0. The molecule has 0 bridgehead atoms. The standard InChI is InChI=1S/C8H6O4.C6H9N3O2/c9-7(10)5-3-1-2-4-6(5)8(11)12;1-10-4-3-5(11-2)9-6(7)8-4/h1-4H,(H,9,10)(H,11,12);3H,1-2H3,(H2,7,8,9). The topological polar surface area (TPSA) is 145 Å². The van der Waals surface area contributed by atoms with Crippen molar-refractivity contribution < 1.29 is 29.3 Å². The van der Waals surface area contributed by atoms with Crippen LogP contribution in [0.2, 0.25) is 0 Å². The molecule has 0 spiro atoms. The molecule has 0 aliphatic rings. The molecule has 0 aliphatic carbocycles. The third kappa shape index (κ3) is 5.16. The number of nitrogen functional groups attached to an aromatic ring is 1. The first-order valence-corrected chi connectivity index (χ1v) is 6.17. The van der Waals surface area contributed by atoms with Crippen molar-refractivity contribution in [2.24, 2.45) is 0 Å². The number of methoxy groups -OCH3 is 2. The maximum atomic E-state index is 10.5. The number of nitrogens with two attached hydrogens (primary N) is 1. The third-order valence-electron chi connectivity index (χ3n) is 2.50. The molecular weight excluding hydrogens is 306 g/mol. The fourth-order valence-corrected chi connectivity index (χ4v) is 1.49. The van der Waals surface area contributed by atoms with Crippen molar-refractivity contribution in [2.45, 2.75) is 0 Å². The van der Waals surface area contributed by atoms with E-state index in [1.54, 1.807) is 6.07 Å². The van der Waals surface area contributed by atoms with Gasteiger partial charge in [-0.2, -0.15) is 9.97 Å². The summed E-state index contributed by atoms with van der Waals surface area (Å²) in [6, 6.07) is 7.03. The van der Waals surface area contributed by atoms with Crippen LogP contribution in [0.5, 0.6) is 11.8 Å². The second-order valence-corrected chi connectivity index (χ2v) is 3.97. The van der Waals surface area contributed by atoms with Crippen molar-refractivity contribution in [3.63, 3.8) is 0 Å². The smallest absolute Gasteiger partial charge is 0.336 e. The van der Waals surface area contributed by atoms with Crippen molar-refractivity contribution in [1.29, 1.82) is 0 Å². The molecule has 0 unspecified atom stereocenters. The molecule has 122 valence electrons. The highest BCUT2D eigenvalue weighted by Crippen LogP contribution is 2.14. The van der Waals surface area contributed by atoms with Crippen LogP contribution in [0, 0.1) is 0 Å². The fourth-order valence-electron chi connectivity index (χ4n) is 1.49. The molecule has 0 fully saturated rings. The molecule has 1 aromatic carbocycles. The zero-order chi connectivity index (χ0) is 17.4. The Morgan fingerprint density at radius 1 is 0.957 bits per heavy atom. The van der Waals surface area contributed by atoms with E-state index in [-0.39, 0.29) is 17.1 Å². The van der Waals surface area contributed by atoms with Crippen LogP contribution in [0.15, 0.2) is 30.3 Å². The Morgan fingerprint density at radius 2 is 1.35 bits per heavy atom. The van der Waals surface area contributed by atoms with Crippen molar-refractivity contribution in [1.82, 2.24) is 9.97 Å². The molecule has 0 radical (unpaired) electrons. The van der Waals surface area contributed by atoms with Gasteiger partial charge in [-0.25, -0.2) is 9.59 Å². The molecule has 0 amide bonds. The van der Waals surface area contributed by atoms with Crippen molar-refractivity contribution in [3.8, 4) is 11.8 Å². The monoisotopic (exact) mass is 321 g/mol. The Labute approximate surface area is 131 Å². The molecule has 9 heteroatoms. The molecule has 2 aromatic rings. The van der Waals surface area contributed by atoms with Gasteiger partial charge in [0.15, 0.2) is 0 Å². The minimum Gasteiger partial charge on any atom is -0.481 e. The number of ether oxygens (including phenoxy) is 2. The van der Waals surface area contributed by atoms with Gasteiger partial charge in [0, 0.05) is 0 Å². The van der Waals surface area contributed by atoms with Crippen molar-refractivity contribution in [3.05, 3.63) is 41.5 Å². The minimum absolute atomic E-state index is 0.140. The van der Waals surface area contributed by atoms with Crippen molar-refractivity contribution >= 4 is 17.9 Å². The first-order chi connectivity index (χ1) is 10.9. The summed E-state index contributed by atoms with van der Waals surface area (Å²) in [5, 5.41) is 17.1. The van der Waals surface area contributed by atoms with E-state index < -0.39 is 11.9 Å². The number of hydrogen-bond acceptors (Lipinski definition) is 7. The Kier molecular flexibility index (Phi) is 6.29. The van der Waals surface area contributed by atoms with Crippen LogP contribution in [0.4, 0.5) is 5.95 Å². The van der Waals surface area contributed by atoms with Gasteiger partial charge in [-0.15, -0.1) is 0 Å². The number of aromatic carboxylic acids is 2. The van der Waals surface area contributed by atoms with E-state index in [9.17, 15) is 9.59 Å². The predicted octanol–water partition coefficient (Wildman–Crippen LogP) is 1.16. The highest BCUT2D eigenvalue weighted by molar-refractivity contribution is 6.01. The molecule has 9 nitrogen and oxygen atoms in total. The lowest BCUT2D eigenvalue weighted by molar-refractivity contribution is 0.0651. The SMILES string of the molecule is COc1cc(OC)nc(N)n1.O=C(O)c1ccccc1C(=O)O. The number of rotatable bonds is 4. The quantitative estimate of drug-likeness (QED) is 0.755. The van der Waals surface area contributed by atoms with Gasteiger partial charge in [0.25, 0.3) is 0 Å². The number of nitrogens with zero attached hydrogens (tertiary/aromatic N) is 2. The zero-order valence-electron chi connectivity index (χ0n) is 12.4. The first kappa shape index (κ1) is 17.7. The lowest BCUT2D eigenvalue weighted by atomic mass is 10.1. The van der Waals surface area contributed by atoms with E-state index in [0.717, 1.165) is 0 Å². The number of anilines is 1. The Hall–Kier alpha value is -3.36. The van der Waals surface area contributed by atoms with Gasteiger partial charge in [0.05, 0.1) is 31.4 Å². The highest BCUT2D eigenvalue weighted by atomic mass is 16.5. The molecular formula is C14H15N3O6. The zero-order valence-corrected chi connectivity index (χ0v) is 12.4. The number of hydrogen-bond donors (Lipinski definition) is 3. The molecule has 23 heavy (non-hydrogen) atoms. The normalized spacial score (nSPS) is 9.30. The van der Waals surface area contributed by atoms with Gasteiger partial charge in [0.2, 0.25) is 17.7 Å². The average Bonchev–Trinajstić information content (AvgIpc) is 2.54. The highest BCUT2D eigenvalue weighted by Gasteiger charge is 2.13. The van der Waals surface area contributed by atoms with Crippen LogP contribution in [-0.4, -0.2) is 46.3 Å². The van der Waals surface area contributed by atoms with Crippen LogP contribution in [-0.2, 0) is 0 Å². The number of aromatic nitrogens is 2. The summed E-state index contributed by atoms with van der Waals surface area (Å²) in [5.41, 5.74) is 4.95. The van der Waals surface area contributed by atoms with Gasteiger partial charge in [-0.1, -0.05) is 12.1 Å². The van der Waals surface area contributed by atoms with E-state index in [4.69, 9.17) is 25.4 Å². The van der Waals surface area contributed by atoms with Gasteiger partial charge in [-0.05, 0) is 12.1 Å². The summed E-state index contributed by atoms with van der Waals surface area (Å²) in [6.45, 7) is 0. The van der Waals surface area contributed by atoms with Crippen LogP contribution in [0.3, 0.4) is 0 Å². The molecule has 0 saturated carbocycles. The van der Waals surface area contributed by atoms with E-state index in [1.807, 2.05) is 0 Å². The molecule has 2 rings (SSSR count). The largest absolute Gasteiger partial charge is 0.481 e. The maximum absolute atomic E-state index is 10.5. The van der Waals surface area contributed by atoms with E-state index in [2.05, 4.69) is 9.97 Å². The summed E-state index contributed by atoms with van der Waals surface area (Å²) >= 11 is 0. The van der Waals surface area contributed by atoms with Crippen LogP contribution in [0.25, 0.3) is 0 Å². The molecule has 0 atom stereocenters. The number of carboxylic acids is 2. The van der Waals surface area contributed by atoms with Gasteiger partial charge >= 0.3 is 11.9 Å². The number of carbonyl (C=O) groups is 2. The Morgan fingerprint density at radius 3 is 1.65 bits per heavy atom. The van der Waals surface area contributed by atoms with Crippen molar-refractivity contribution in [2.75, 3.05) is 20.0 Å². The summed E-state index contributed by atoms with van der Waals surface area (Å²) in [5.74, 6) is -1.52.